The Labute approximate surface area is 378 Å². The lowest BCUT2D eigenvalue weighted by Gasteiger charge is -2.24. The molecule has 0 aliphatic heterocycles. The third-order valence-corrected chi connectivity index (χ3v) is 11.9. The van der Waals surface area contributed by atoms with Crippen molar-refractivity contribution in [2.75, 3.05) is 6.61 Å². The number of aliphatic hydroxyl groups excluding tert-OH is 2. The Kier molecular flexibility index (Phi) is 47.1. The van der Waals surface area contributed by atoms with Gasteiger partial charge in [0.15, 0.2) is 0 Å². The second kappa shape index (κ2) is 48.8. The normalized spacial score (nSPS) is 13.6. The minimum atomic E-state index is -0.809. The maximum Gasteiger partial charge on any atom is 0.306 e. The molecule has 61 heavy (non-hydrogen) atoms. The third kappa shape index (κ3) is 44.2. The highest BCUT2D eigenvalue weighted by Crippen LogP contribution is 2.17. The van der Waals surface area contributed by atoms with Crippen LogP contribution in [0.2, 0.25) is 0 Å². The summed E-state index contributed by atoms with van der Waals surface area (Å²) in [4.78, 5) is 26.1. The van der Waals surface area contributed by atoms with E-state index < -0.39 is 18.2 Å². The standard InChI is InChI=1S/C55H101NO5/c1-4-7-10-13-16-19-22-25-27-29-31-34-37-40-43-46-51(61-55(60)48-45-42-39-36-33-30-28-26-23-20-17-14-11-8-5-2)49-54(59)56-52(50-57)53(58)47-44-41-38-35-32-24-21-18-15-12-9-6-3/h16,19,25,27,31,34,40,43,51-53,57-58H,4-15,17-18,20-24,26,28-30,32-33,35-39,41-42,44-50H2,1-3H3,(H,56,59)/b19-16-,27-25-,34-31-,43-40-. The molecule has 0 saturated carbocycles. The maximum absolute atomic E-state index is 13.2. The van der Waals surface area contributed by atoms with Gasteiger partial charge in [-0.3, -0.25) is 9.59 Å². The fraction of sp³-hybridized carbons (Fsp3) is 0.818. The minimum absolute atomic E-state index is 0.00441. The molecule has 3 unspecified atom stereocenters. The molecule has 1 amide bonds. The van der Waals surface area contributed by atoms with Gasteiger partial charge in [0.05, 0.1) is 25.2 Å². The van der Waals surface area contributed by atoms with E-state index in [1.54, 1.807) is 0 Å². The summed E-state index contributed by atoms with van der Waals surface area (Å²) in [5.74, 6) is -0.567. The Balaban J connectivity index is 4.69. The first kappa shape index (κ1) is 58.8. The summed E-state index contributed by atoms with van der Waals surface area (Å²) in [6.45, 7) is 6.44. The molecule has 0 aromatic rings. The zero-order valence-electron chi connectivity index (χ0n) is 40.5. The van der Waals surface area contributed by atoms with E-state index in [2.05, 4.69) is 68.6 Å². The lowest BCUT2D eigenvalue weighted by atomic mass is 10.0. The van der Waals surface area contributed by atoms with Crippen molar-refractivity contribution >= 4 is 11.9 Å². The van der Waals surface area contributed by atoms with Crippen LogP contribution in [0.1, 0.15) is 265 Å². The third-order valence-electron chi connectivity index (χ3n) is 11.9. The van der Waals surface area contributed by atoms with Gasteiger partial charge < -0.3 is 20.3 Å². The van der Waals surface area contributed by atoms with Crippen LogP contribution in [0.4, 0.5) is 0 Å². The van der Waals surface area contributed by atoms with Crippen molar-refractivity contribution in [3.63, 3.8) is 0 Å². The van der Waals surface area contributed by atoms with Crippen molar-refractivity contribution < 1.29 is 24.5 Å². The molecule has 0 aliphatic carbocycles. The van der Waals surface area contributed by atoms with E-state index in [1.807, 2.05) is 6.08 Å². The van der Waals surface area contributed by atoms with Gasteiger partial charge in [-0.25, -0.2) is 0 Å². The summed E-state index contributed by atoms with van der Waals surface area (Å²) in [7, 11) is 0. The molecule has 0 bridgehead atoms. The lowest BCUT2D eigenvalue weighted by molar-refractivity contribution is -0.150. The predicted molar refractivity (Wildman–Crippen MR) is 264 cm³/mol. The number of hydrogen-bond acceptors (Lipinski definition) is 5. The molecular weight excluding hydrogens is 755 g/mol. The van der Waals surface area contributed by atoms with Crippen LogP contribution in [0.25, 0.3) is 0 Å². The zero-order chi connectivity index (χ0) is 44.5. The quantitative estimate of drug-likeness (QED) is 0.0322. The summed E-state index contributed by atoms with van der Waals surface area (Å²) < 4.78 is 5.88. The number of allylic oxidation sites excluding steroid dienone is 7. The van der Waals surface area contributed by atoms with Crippen LogP contribution in [0.3, 0.4) is 0 Å². The first-order chi connectivity index (χ1) is 30.0. The molecule has 0 radical (unpaired) electrons. The largest absolute Gasteiger partial charge is 0.461 e. The van der Waals surface area contributed by atoms with Crippen LogP contribution in [0.5, 0.6) is 0 Å². The fourth-order valence-electron chi connectivity index (χ4n) is 7.88. The molecular formula is C55H101NO5. The average Bonchev–Trinajstić information content (AvgIpc) is 3.25. The van der Waals surface area contributed by atoms with E-state index in [1.165, 1.54) is 161 Å². The fourth-order valence-corrected chi connectivity index (χ4v) is 7.88. The molecule has 0 aliphatic rings. The van der Waals surface area contributed by atoms with E-state index in [9.17, 15) is 19.8 Å². The molecule has 0 aromatic heterocycles. The summed E-state index contributed by atoms with van der Waals surface area (Å²) in [6, 6.07) is -0.728. The first-order valence-electron chi connectivity index (χ1n) is 26.4. The minimum Gasteiger partial charge on any atom is -0.461 e. The van der Waals surface area contributed by atoms with E-state index >= 15 is 0 Å². The number of esters is 1. The average molecular weight is 856 g/mol. The Morgan fingerprint density at radius 1 is 0.492 bits per heavy atom. The molecule has 6 nitrogen and oxygen atoms in total. The van der Waals surface area contributed by atoms with E-state index in [0.29, 0.717) is 19.3 Å². The number of rotatable bonds is 47. The molecule has 6 heteroatoms. The van der Waals surface area contributed by atoms with Crippen molar-refractivity contribution in [2.24, 2.45) is 0 Å². The van der Waals surface area contributed by atoms with Crippen molar-refractivity contribution in [3.8, 4) is 0 Å². The number of nitrogens with one attached hydrogen (secondary N) is 1. The van der Waals surface area contributed by atoms with Crippen molar-refractivity contribution in [1.29, 1.82) is 0 Å². The van der Waals surface area contributed by atoms with Gasteiger partial charge in [0.1, 0.15) is 6.10 Å². The number of unbranched alkanes of at least 4 members (excludes halogenated alkanes) is 28. The number of aliphatic hydroxyl groups is 2. The van der Waals surface area contributed by atoms with Crippen LogP contribution in [-0.2, 0) is 14.3 Å². The SMILES string of the molecule is CCCCC/C=C\C/C=C\C/C=C\C/C=C\CC(CC(=O)NC(CO)C(O)CCCCCCCCCCCCCC)OC(=O)CCCCCCCCCCCCCCCCC. The number of ether oxygens (including phenoxy) is 1. The zero-order valence-corrected chi connectivity index (χ0v) is 40.5. The summed E-state index contributed by atoms with van der Waals surface area (Å²) in [5, 5.41) is 23.7. The van der Waals surface area contributed by atoms with Crippen LogP contribution in [-0.4, -0.2) is 46.9 Å². The molecule has 0 saturated heterocycles. The molecule has 0 heterocycles. The molecule has 3 N–H and O–H groups in total. The summed E-state index contributed by atoms with van der Waals surface area (Å²) >= 11 is 0. The molecule has 0 aromatic carbocycles. The predicted octanol–water partition coefficient (Wildman–Crippen LogP) is 15.8. The number of carbonyl (C=O) groups is 2. The van der Waals surface area contributed by atoms with Gasteiger partial charge in [-0.1, -0.05) is 249 Å². The molecule has 0 rings (SSSR count). The highest BCUT2D eigenvalue weighted by molar-refractivity contribution is 5.77. The number of amides is 1. The molecule has 0 spiro atoms. The highest BCUT2D eigenvalue weighted by atomic mass is 16.5. The Morgan fingerprint density at radius 2 is 0.869 bits per heavy atom. The summed E-state index contributed by atoms with van der Waals surface area (Å²) in [5.41, 5.74) is 0. The topological polar surface area (TPSA) is 95.9 Å². The Morgan fingerprint density at radius 3 is 1.31 bits per heavy atom. The van der Waals surface area contributed by atoms with E-state index in [-0.39, 0.29) is 24.9 Å². The van der Waals surface area contributed by atoms with Gasteiger partial charge in [-0.2, -0.15) is 0 Å². The van der Waals surface area contributed by atoms with Gasteiger partial charge in [-0.15, -0.1) is 0 Å². The van der Waals surface area contributed by atoms with Gasteiger partial charge in [0, 0.05) is 12.8 Å². The van der Waals surface area contributed by atoms with Crippen LogP contribution < -0.4 is 5.32 Å². The van der Waals surface area contributed by atoms with E-state index in [4.69, 9.17) is 4.74 Å². The van der Waals surface area contributed by atoms with Crippen LogP contribution >= 0.6 is 0 Å². The monoisotopic (exact) mass is 856 g/mol. The van der Waals surface area contributed by atoms with Crippen molar-refractivity contribution in [2.45, 2.75) is 283 Å². The van der Waals surface area contributed by atoms with Crippen LogP contribution in [0.15, 0.2) is 48.6 Å². The second-order valence-electron chi connectivity index (χ2n) is 17.9. The molecule has 3 atom stereocenters. The first-order valence-corrected chi connectivity index (χ1v) is 26.4. The lowest BCUT2D eigenvalue weighted by Crippen LogP contribution is -2.46. The van der Waals surface area contributed by atoms with Crippen LogP contribution in [0, 0.1) is 0 Å². The van der Waals surface area contributed by atoms with E-state index in [0.717, 1.165) is 57.8 Å². The Bertz CT molecular complexity index is 1050. The van der Waals surface area contributed by atoms with Gasteiger partial charge in [0.2, 0.25) is 5.91 Å². The molecule has 356 valence electrons. The van der Waals surface area contributed by atoms with Gasteiger partial charge in [-0.05, 0) is 44.9 Å². The second-order valence-corrected chi connectivity index (χ2v) is 17.9. The smallest absolute Gasteiger partial charge is 0.306 e. The van der Waals surface area contributed by atoms with Crippen molar-refractivity contribution in [3.05, 3.63) is 48.6 Å². The van der Waals surface area contributed by atoms with Gasteiger partial charge >= 0.3 is 5.97 Å². The number of hydrogen-bond donors (Lipinski definition) is 3. The molecule has 0 fully saturated rings. The van der Waals surface area contributed by atoms with Crippen molar-refractivity contribution in [1.82, 2.24) is 5.32 Å². The Hall–Kier alpha value is -2.18. The summed E-state index contributed by atoms with van der Waals surface area (Å²) in [6.07, 6.45) is 59.0. The van der Waals surface area contributed by atoms with Gasteiger partial charge in [0.25, 0.3) is 0 Å². The maximum atomic E-state index is 13.2. The number of carbonyl (C=O) groups excluding carboxylic acids is 2. The highest BCUT2D eigenvalue weighted by Gasteiger charge is 2.23.